The van der Waals surface area contributed by atoms with Gasteiger partial charge in [0.25, 0.3) is 0 Å². The number of nitrogens with zero attached hydrogens (tertiary/aromatic N) is 1. The Balaban J connectivity index is 1.69. The van der Waals surface area contributed by atoms with Crippen LogP contribution in [0.5, 0.6) is 5.75 Å². The van der Waals surface area contributed by atoms with Crippen LogP contribution in [-0.2, 0) is 4.79 Å². The molecule has 1 N–H and O–H groups in total. The SMILES string of the molecule is COc1ccccc1[C@H]1[C@H]2CCCC[C@@]2(O)CCN1C(=O)/C=C/c1ccccc1. The maximum atomic E-state index is 13.3. The quantitative estimate of drug-likeness (QED) is 0.775. The maximum absolute atomic E-state index is 13.3. The molecule has 29 heavy (non-hydrogen) atoms. The fourth-order valence-corrected chi connectivity index (χ4v) is 5.05. The minimum absolute atomic E-state index is 0.0163. The minimum Gasteiger partial charge on any atom is -0.496 e. The van der Waals surface area contributed by atoms with Gasteiger partial charge in [-0.15, -0.1) is 0 Å². The Morgan fingerprint density at radius 2 is 1.86 bits per heavy atom. The zero-order chi connectivity index (χ0) is 20.3. The van der Waals surface area contributed by atoms with Crippen molar-refractivity contribution in [1.29, 1.82) is 0 Å². The predicted molar refractivity (Wildman–Crippen MR) is 114 cm³/mol. The van der Waals surface area contributed by atoms with Crippen molar-refractivity contribution in [2.24, 2.45) is 5.92 Å². The number of carbonyl (C=O) groups excluding carboxylic acids is 1. The first-order valence-electron chi connectivity index (χ1n) is 10.5. The molecule has 1 saturated carbocycles. The van der Waals surface area contributed by atoms with Crippen LogP contribution in [0.1, 0.15) is 49.3 Å². The Kier molecular flexibility index (Phi) is 5.72. The van der Waals surface area contributed by atoms with Gasteiger partial charge < -0.3 is 14.7 Å². The number of hydrogen-bond donors (Lipinski definition) is 1. The molecule has 2 aromatic carbocycles. The molecule has 4 heteroatoms. The Labute approximate surface area is 172 Å². The van der Waals surface area contributed by atoms with E-state index >= 15 is 0 Å². The average molecular weight is 392 g/mol. The first-order valence-corrected chi connectivity index (χ1v) is 10.5. The third-order valence-electron chi connectivity index (χ3n) is 6.53. The number of para-hydroxylation sites is 1. The van der Waals surface area contributed by atoms with Gasteiger partial charge in [0, 0.05) is 24.1 Å². The van der Waals surface area contributed by atoms with E-state index in [0.717, 1.165) is 42.6 Å². The number of likely N-dealkylation sites (tertiary alicyclic amines) is 1. The zero-order valence-corrected chi connectivity index (χ0v) is 17.0. The van der Waals surface area contributed by atoms with E-state index in [1.807, 2.05) is 65.6 Å². The van der Waals surface area contributed by atoms with Crippen LogP contribution >= 0.6 is 0 Å². The number of fused-ring (bicyclic) bond motifs is 1. The second-order valence-corrected chi connectivity index (χ2v) is 8.17. The lowest BCUT2D eigenvalue weighted by atomic mass is 9.66. The molecule has 4 rings (SSSR count). The first-order chi connectivity index (χ1) is 14.1. The fourth-order valence-electron chi connectivity index (χ4n) is 5.05. The van der Waals surface area contributed by atoms with Crippen molar-refractivity contribution in [3.05, 3.63) is 71.8 Å². The fraction of sp³-hybridized carbons (Fsp3) is 0.400. The summed E-state index contributed by atoms with van der Waals surface area (Å²) < 4.78 is 5.63. The lowest BCUT2D eigenvalue weighted by Gasteiger charge is -2.52. The largest absolute Gasteiger partial charge is 0.496 e. The highest BCUT2D eigenvalue weighted by Crippen LogP contribution is 2.50. The number of methoxy groups -OCH3 is 1. The maximum Gasteiger partial charge on any atom is 0.247 e. The molecular formula is C25H29NO3. The van der Waals surface area contributed by atoms with Crippen molar-refractivity contribution in [1.82, 2.24) is 4.90 Å². The minimum atomic E-state index is -0.705. The highest BCUT2D eigenvalue weighted by molar-refractivity contribution is 5.92. The van der Waals surface area contributed by atoms with Gasteiger partial charge in [-0.2, -0.15) is 0 Å². The van der Waals surface area contributed by atoms with E-state index in [4.69, 9.17) is 4.74 Å². The molecule has 3 atom stereocenters. The highest BCUT2D eigenvalue weighted by atomic mass is 16.5. The molecule has 0 radical (unpaired) electrons. The molecule has 2 aliphatic rings. The van der Waals surface area contributed by atoms with Gasteiger partial charge in [-0.25, -0.2) is 0 Å². The molecule has 1 saturated heterocycles. The van der Waals surface area contributed by atoms with Crippen LogP contribution in [0.3, 0.4) is 0 Å². The van der Waals surface area contributed by atoms with Gasteiger partial charge in [-0.05, 0) is 37.0 Å². The predicted octanol–water partition coefficient (Wildman–Crippen LogP) is 4.60. The molecule has 2 aromatic rings. The number of ether oxygens (including phenoxy) is 1. The molecule has 0 aromatic heterocycles. The summed E-state index contributed by atoms with van der Waals surface area (Å²) in [4.78, 5) is 15.2. The van der Waals surface area contributed by atoms with Gasteiger partial charge in [0.2, 0.25) is 5.91 Å². The third kappa shape index (κ3) is 3.95. The van der Waals surface area contributed by atoms with Gasteiger partial charge in [-0.3, -0.25) is 4.79 Å². The van der Waals surface area contributed by atoms with Crippen molar-refractivity contribution in [2.75, 3.05) is 13.7 Å². The van der Waals surface area contributed by atoms with Crippen LogP contribution < -0.4 is 4.74 Å². The summed E-state index contributed by atoms with van der Waals surface area (Å²) in [6.45, 7) is 0.549. The molecule has 1 aliphatic carbocycles. The van der Waals surface area contributed by atoms with Gasteiger partial charge in [0.15, 0.2) is 0 Å². The van der Waals surface area contributed by atoms with Gasteiger partial charge in [0.1, 0.15) is 5.75 Å². The van der Waals surface area contributed by atoms with E-state index in [-0.39, 0.29) is 17.9 Å². The van der Waals surface area contributed by atoms with Crippen molar-refractivity contribution in [3.63, 3.8) is 0 Å². The number of piperidine rings is 1. The van der Waals surface area contributed by atoms with Crippen molar-refractivity contribution >= 4 is 12.0 Å². The first kappa shape index (κ1) is 19.7. The highest BCUT2D eigenvalue weighted by Gasteiger charge is 2.50. The molecule has 2 fully saturated rings. The number of hydrogen-bond acceptors (Lipinski definition) is 3. The topological polar surface area (TPSA) is 49.8 Å². The molecular weight excluding hydrogens is 362 g/mol. The summed E-state index contributed by atoms with van der Waals surface area (Å²) in [5.41, 5.74) is 1.28. The molecule has 152 valence electrons. The zero-order valence-electron chi connectivity index (χ0n) is 17.0. The van der Waals surface area contributed by atoms with Gasteiger partial charge in [0.05, 0.1) is 18.8 Å². The summed E-state index contributed by atoms with van der Waals surface area (Å²) >= 11 is 0. The number of rotatable bonds is 4. The van der Waals surface area contributed by atoms with E-state index < -0.39 is 5.60 Å². The van der Waals surface area contributed by atoms with Crippen molar-refractivity contribution < 1.29 is 14.6 Å². The Hall–Kier alpha value is -2.59. The second kappa shape index (κ2) is 8.42. The van der Waals surface area contributed by atoms with Crippen LogP contribution in [0, 0.1) is 5.92 Å². The lowest BCUT2D eigenvalue weighted by Crippen LogP contribution is -2.56. The number of benzene rings is 2. The third-order valence-corrected chi connectivity index (χ3v) is 6.53. The van der Waals surface area contributed by atoms with Crippen molar-refractivity contribution in [2.45, 2.75) is 43.7 Å². The van der Waals surface area contributed by atoms with Gasteiger partial charge in [-0.1, -0.05) is 61.4 Å². The van der Waals surface area contributed by atoms with Crippen LogP contribution in [0.4, 0.5) is 0 Å². The second-order valence-electron chi connectivity index (χ2n) is 8.17. The number of carbonyl (C=O) groups is 1. The average Bonchev–Trinajstić information content (AvgIpc) is 2.77. The smallest absolute Gasteiger partial charge is 0.247 e. The van der Waals surface area contributed by atoms with E-state index in [0.29, 0.717) is 13.0 Å². The number of amides is 1. The van der Waals surface area contributed by atoms with Crippen LogP contribution in [0.2, 0.25) is 0 Å². The Morgan fingerprint density at radius 3 is 2.66 bits per heavy atom. The Bertz CT molecular complexity index is 879. The van der Waals surface area contributed by atoms with Crippen LogP contribution in [0.15, 0.2) is 60.7 Å². The van der Waals surface area contributed by atoms with Crippen LogP contribution in [-0.4, -0.2) is 35.2 Å². The summed E-state index contributed by atoms with van der Waals surface area (Å²) in [5, 5.41) is 11.4. The molecule has 4 nitrogen and oxygen atoms in total. The summed E-state index contributed by atoms with van der Waals surface area (Å²) in [7, 11) is 1.66. The summed E-state index contributed by atoms with van der Waals surface area (Å²) in [6.07, 6.45) is 8.02. The summed E-state index contributed by atoms with van der Waals surface area (Å²) in [6, 6.07) is 17.6. The molecule has 0 spiro atoms. The summed E-state index contributed by atoms with van der Waals surface area (Å²) in [5.74, 6) is 0.782. The lowest BCUT2D eigenvalue weighted by molar-refractivity contribution is -0.151. The molecule has 1 amide bonds. The normalized spacial score (nSPS) is 26.9. The Morgan fingerprint density at radius 1 is 1.10 bits per heavy atom. The van der Waals surface area contributed by atoms with Crippen LogP contribution in [0.25, 0.3) is 6.08 Å². The van der Waals surface area contributed by atoms with E-state index in [1.54, 1.807) is 13.2 Å². The standard InChI is InChI=1S/C25H29NO3/c1-29-22-13-6-5-11-20(22)24-21-12-7-8-16-25(21,28)17-18-26(24)23(27)15-14-19-9-3-2-4-10-19/h2-6,9-11,13-15,21,24,28H,7-8,12,16-18H2,1H3/b15-14+/t21-,24+,25-/m1/s1. The van der Waals surface area contributed by atoms with E-state index in [2.05, 4.69) is 0 Å². The number of aliphatic hydroxyl groups is 1. The van der Waals surface area contributed by atoms with E-state index in [9.17, 15) is 9.90 Å². The van der Waals surface area contributed by atoms with Gasteiger partial charge >= 0.3 is 0 Å². The molecule has 0 bridgehead atoms. The molecule has 1 heterocycles. The monoisotopic (exact) mass is 391 g/mol. The van der Waals surface area contributed by atoms with E-state index in [1.165, 1.54) is 0 Å². The molecule has 0 unspecified atom stereocenters. The molecule has 1 aliphatic heterocycles. The van der Waals surface area contributed by atoms with Crippen molar-refractivity contribution in [3.8, 4) is 5.75 Å².